The van der Waals surface area contributed by atoms with Crippen LogP contribution in [-0.2, 0) is 17.9 Å². The van der Waals surface area contributed by atoms with Crippen molar-refractivity contribution in [3.8, 4) is 0 Å². The quantitative estimate of drug-likeness (QED) is 0.375. The summed E-state index contributed by atoms with van der Waals surface area (Å²) in [5, 5.41) is 3.83. The molecule has 7 nitrogen and oxygen atoms in total. The van der Waals surface area contributed by atoms with Crippen LogP contribution in [0.25, 0.3) is 10.9 Å². The number of benzene rings is 1. The number of rotatable bonds is 7. The fourth-order valence-corrected chi connectivity index (χ4v) is 3.66. The monoisotopic (exact) mass is 406 g/mol. The van der Waals surface area contributed by atoms with Gasteiger partial charge in [0, 0.05) is 6.20 Å². The Kier molecular flexibility index (Phi) is 5.71. The van der Waals surface area contributed by atoms with Gasteiger partial charge in [-0.3, -0.25) is 19.1 Å². The summed E-state index contributed by atoms with van der Waals surface area (Å²) in [6, 6.07) is 16.3. The number of thioether (sulfide) groups is 1. The van der Waals surface area contributed by atoms with E-state index in [9.17, 15) is 9.59 Å². The highest BCUT2D eigenvalue weighted by atomic mass is 32.2. The number of nitrogens with one attached hydrogen (secondary N) is 1. The van der Waals surface area contributed by atoms with Crippen LogP contribution in [0, 0.1) is 0 Å². The number of hydrogen-bond donors (Lipinski definition) is 1. The molecule has 0 bridgehead atoms. The maximum absolute atomic E-state index is 13.0. The van der Waals surface area contributed by atoms with Crippen LogP contribution >= 0.6 is 11.8 Å². The second kappa shape index (κ2) is 8.74. The van der Waals surface area contributed by atoms with Gasteiger partial charge in [-0.25, -0.2) is 4.98 Å². The highest BCUT2D eigenvalue weighted by molar-refractivity contribution is 7.99. The van der Waals surface area contributed by atoms with Crippen LogP contribution < -0.4 is 10.9 Å². The molecule has 0 unspecified atom stereocenters. The second-order valence-corrected chi connectivity index (χ2v) is 7.21. The van der Waals surface area contributed by atoms with E-state index in [1.807, 2.05) is 24.3 Å². The topological polar surface area (TPSA) is 90.0 Å². The molecule has 3 heterocycles. The average molecular weight is 406 g/mol. The number of hydrogen-bond acceptors (Lipinski definition) is 6. The van der Waals surface area contributed by atoms with Crippen LogP contribution in [0.2, 0.25) is 0 Å². The molecule has 1 amide bonds. The highest BCUT2D eigenvalue weighted by Gasteiger charge is 2.14. The van der Waals surface area contributed by atoms with E-state index in [1.54, 1.807) is 42.8 Å². The summed E-state index contributed by atoms with van der Waals surface area (Å²) in [5.41, 5.74) is 1.22. The zero-order valence-electron chi connectivity index (χ0n) is 15.4. The van der Waals surface area contributed by atoms with Crippen molar-refractivity contribution in [2.75, 3.05) is 5.75 Å². The first-order chi connectivity index (χ1) is 14.2. The molecule has 3 aromatic heterocycles. The van der Waals surface area contributed by atoms with Gasteiger partial charge in [0.15, 0.2) is 5.16 Å². The fourth-order valence-electron chi connectivity index (χ4n) is 2.83. The summed E-state index contributed by atoms with van der Waals surface area (Å²) in [4.78, 5) is 34.0. The van der Waals surface area contributed by atoms with Crippen LogP contribution in [0.4, 0.5) is 0 Å². The van der Waals surface area contributed by atoms with Crippen molar-refractivity contribution < 1.29 is 9.21 Å². The lowest BCUT2D eigenvalue weighted by Crippen LogP contribution is -2.27. The van der Waals surface area contributed by atoms with Gasteiger partial charge in [-0.2, -0.15) is 0 Å². The third-order valence-electron chi connectivity index (χ3n) is 4.25. The predicted molar refractivity (Wildman–Crippen MR) is 111 cm³/mol. The van der Waals surface area contributed by atoms with E-state index in [4.69, 9.17) is 4.42 Å². The van der Waals surface area contributed by atoms with Crippen molar-refractivity contribution in [2.45, 2.75) is 18.2 Å². The third-order valence-corrected chi connectivity index (χ3v) is 5.22. The van der Waals surface area contributed by atoms with Gasteiger partial charge in [-0.05, 0) is 36.4 Å². The molecule has 0 fully saturated rings. The molecule has 0 radical (unpaired) electrons. The largest absolute Gasteiger partial charge is 0.467 e. The molecule has 4 aromatic rings. The zero-order valence-corrected chi connectivity index (χ0v) is 16.3. The standard InChI is InChI=1S/C21H18N4O3S/c26-19(23-12-15-6-3-4-10-22-15)14-29-21-24-18-9-2-1-8-17(18)20(27)25(21)13-16-7-5-11-28-16/h1-11H,12-14H2,(H,23,26). The van der Waals surface area contributed by atoms with Gasteiger partial charge in [-0.1, -0.05) is 30.0 Å². The molecule has 0 saturated heterocycles. The number of carbonyl (C=O) groups is 1. The number of aromatic nitrogens is 3. The molecule has 0 spiro atoms. The van der Waals surface area contributed by atoms with Crippen LogP contribution in [-0.4, -0.2) is 26.2 Å². The molecular formula is C21H18N4O3S. The molecule has 1 N–H and O–H groups in total. The van der Waals surface area contributed by atoms with Crippen LogP contribution in [0.3, 0.4) is 0 Å². The minimum atomic E-state index is -0.164. The number of para-hydroxylation sites is 1. The summed E-state index contributed by atoms with van der Waals surface area (Å²) < 4.78 is 6.93. The Bertz CT molecular complexity index is 1170. The van der Waals surface area contributed by atoms with E-state index < -0.39 is 0 Å². The Labute approximate surface area is 170 Å². The molecule has 0 saturated carbocycles. The molecule has 1 aromatic carbocycles. The van der Waals surface area contributed by atoms with E-state index >= 15 is 0 Å². The van der Waals surface area contributed by atoms with E-state index in [0.717, 1.165) is 5.69 Å². The second-order valence-electron chi connectivity index (χ2n) is 6.27. The molecular weight excluding hydrogens is 388 g/mol. The molecule has 0 atom stereocenters. The number of furan rings is 1. The number of amides is 1. The van der Waals surface area contributed by atoms with E-state index in [0.29, 0.717) is 28.4 Å². The average Bonchev–Trinajstić information content (AvgIpc) is 3.27. The van der Waals surface area contributed by atoms with Gasteiger partial charge < -0.3 is 9.73 Å². The maximum Gasteiger partial charge on any atom is 0.262 e. The SMILES string of the molecule is O=C(CSc1nc2ccccc2c(=O)n1Cc1ccco1)NCc1ccccn1. The number of fused-ring (bicyclic) bond motifs is 1. The molecule has 0 aliphatic rings. The lowest BCUT2D eigenvalue weighted by Gasteiger charge is -2.12. The van der Waals surface area contributed by atoms with Gasteiger partial charge in [-0.15, -0.1) is 0 Å². The minimum Gasteiger partial charge on any atom is -0.467 e. The van der Waals surface area contributed by atoms with Gasteiger partial charge in [0.1, 0.15) is 5.76 Å². The Hall–Kier alpha value is -3.39. The van der Waals surface area contributed by atoms with Crippen molar-refractivity contribution in [1.82, 2.24) is 19.9 Å². The fraction of sp³-hybridized carbons (Fsp3) is 0.143. The summed E-state index contributed by atoms with van der Waals surface area (Å²) in [6.45, 7) is 0.603. The van der Waals surface area contributed by atoms with Crippen LogP contribution in [0.1, 0.15) is 11.5 Å². The minimum absolute atomic E-state index is 0.135. The summed E-state index contributed by atoms with van der Waals surface area (Å²) in [6.07, 6.45) is 3.25. The number of carbonyl (C=O) groups excluding carboxylic acids is 1. The Balaban J connectivity index is 1.53. The lowest BCUT2D eigenvalue weighted by atomic mass is 10.2. The summed E-state index contributed by atoms with van der Waals surface area (Å²) in [7, 11) is 0. The van der Waals surface area contributed by atoms with Gasteiger partial charge in [0.05, 0.1) is 41.7 Å². The third kappa shape index (κ3) is 4.55. The van der Waals surface area contributed by atoms with E-state index in [1.165, 1.54) is 16.3 Å². The van der Waals surface area contributed by atoms with Gasteiger partial charge in [0.25, 0.3) is 5.56 Å². The summed E-state index contributed by atoms with van der Waals surface area (Å²) >= 11 is 1.22. The van der Waals surface area contributed by atoms with Crippen molar-refractivity contribution in [2.24, 2.45) is 0 Å². The van der Waals surface area contributed by atoms with Gasteiger partial charge >= 0.3 is 0 Å². The number of nitrogens with zero attached hydrogens (tertiary/aromatic N) is 3. The first kappa shape index (κ1) is 18.9. The van der Waals surface area contributed by atoms with Gasteiger partial charge in [0.2, 0.25) is 5.91 Å². The molecule has 8 heteroatoms. The zero-order chi connectivity index (χ0) is 20.1. The van der Waals surface area contributed by atoms with Crippen LogP contribution in [0.5, 0.6) is 0 Å². The Morgan fingerprint density at radius 3 is 2.76 bits per heavy atom. The molecule has 0 aliphatic carbocycles. The molecule has 29 heavy (non-hydrogen) atoms. The highest BCUT2D eigenvalue weighted by Crippen LogP contribution is 2.19. The lowest BCUT2D eigenvalue weighted by molar-refractivity contribution is -0.118. The molecule has 0 aliphatic heterocycles. The Morgan fingerprint density at radius 1 is 1.10 bits per heavy atom. The summed E-state index contributed by atoms with van der Waals surface area (Å²) in [5.74, 6) is 0.619. The van der Waals surface area contributed by atoms with Crippen molar-refractivity contribution in [1.29, 1.82) is 0 Å². The smallest absolute Gasteiger partial charge is 0.262 e. The number of pyridine rings is 1. The molecule has 4 rings (SSSR count). The van der Waals surface area contributed by atoms with Crippen molar-refractivity contribution in [3.63, 3.8) is 0 Å². The Morgan fingerprint density at radius 2 is 1.97 bits per heavy atom. The maximum atomic E-state index is 13.0. The van der Waals surface area contributed by atoms with E-state index in [2.05, 4.69) is 15.3 Å². The van der Waals surface area contributed by atoms with Crippen LogP contribution in [0.15, 0.2) is 81.4 Å². The first-order valence-corrected chi connectivity index (χ1v) is 10.0. The molecule has 146 valence electrons. The first-order valence-electron chi connectivity index (χ1n) is 9.02. The van der Waals surface area contributed by atoms with Crippen molar-refractivity contribution >= 4 is 28.6 Å². The van der Waals surface area contributed by atoms with Crippen molar-refractivity contribution in [3.05, 3.63) is 88.9 Å². The predicted octanol–water partition coefficient (Wildman–Crippen LogP) is 2.84. The normalized spacial score (nSPS) is 10.9. The van der Waals surface area contributed by atoms with E-state index in [-0.39, 0.29) is 23.8 Å².